The van der Waals surface area contributed by atoms with Gasteiger partial charge in [-0.25, -0.2) is 0 Å². The number of nitrogens with zero attached hydrogens (tertiary/aromatic N) is 1. The summed E-state index contributed by atoms with van der Waals surface area (Å²) in [6.45, 7) is 6.94. The topological polar surface area (TPSA) is 61.8 Å². The lowest BCUT2D eigenvalue weighted by Gasteiger charge is -2.22. The van der Waals surface area contributed by atoms with Crippen molar-refractivity contribution in [2.45, 2.75) is 33.2 Å². The van der Waals surface area contributed by atoms with Crippen LogP contribution in [0.3, 0.4) is 0 Å². The Bertz CT molecular complexity index is 449. The van der Waals surface area contributed by atoms with Crippen molar-refractivity contribution < 1.29 is 14.6 Å². The number of ether oxygens (including phenoxy) is 1. The molecule has 0 unspecified atom stereocenters. The molecule has 2 N–H and O–H groups in total. The van der Waals surface area contributed by atoms with Gasteiger partial charge in [0.05, 0.1) is 18.7 Å². The third-order valence-electron chi connectivity index (χ3n) is 3.15. The first-order valence-electron chi connectivity index (χ1n) is 7.47. The smallest absolute Gasteiger partial charge is 0.305 e. The van der Waals surface area contributed by atoms with E-state index in [2.05, 4.69) is 18.3 Å². The van der Waals surface area contributed by atoms with Gasteiger partial charge in [0.15, 0.2) is 0 Å². The summed E-state index contributed by atoms with van der Waals surface area (Å²) >= 11 is 0. The van der Waals surface area contributed by atoms with Gasteiger partial charge in [-0.05, 0) is 37.6 Å². The van der Waals surface area contributed by atoms with Crippen molar-refractivity contribution >= 4 is 11.7 Å². The van der Waals surface area contributed by atoms with E-state index in [4.69, 9.17) is 9.84 Å². The Hall–Kier alpha value is -1.75. The number of benzene rings is 1. The first-order valence-corrected chi connectivity index (χ1v) is 7.47. The average Bonchev–Trinajstić information content (AvgIpc) is 2.45. The Kier molecular flexibility index (Phi) is 7.61. The Balaban J connectivity index is 2.79. The standard InChI is InChI=1S/C16H26N2O3/c1-4-9-17-12-13-6-7-14(15(11-13)21-5-2)18(3)10-8-16(19)20/h6-7,11,17H,4-5,8-10,12H2,1-3H3,(H,19,20). The third kappa shape index (κ3) is 6.04. The van der Waals surface area contributed by atoms with Crippen LogP contribution in [0.25, 0.3) is 0 Å². The fourth-order valence-corrected chi connectivity index (χ4v) is 2.05. The van der Waals surface area contributed by atoms with E-state index in [0.717, 1.165) is 30.9 Å². The van der Waals surface area contributed by atoms with Gasteiger partial charge in [0.2, 0.25) is 0 Å². The molecule has 0 aliphatic heterocycles. The Labute approximate surface area is 126 Å². The number of nitrogens with one attached hydrogen (secondary N) is 1. The highest BCUT2D eigenvalue weighted by Gasteiger charge is 2.11. The predicted octanol–water partition coefficient (Wildman–Crippen LogP) is 2.50. The van der Waals surface area contributed by atoms with E-state index in [1.54, 1.807) is 0 Å². The molecule has 0 radical (unpaired) electrons. The Morgan fingerprint density at radius 1 is 1.38 bits per heavy atom. The second-order valence-corrected chi connectivity index (χ2v) is 4.98. The fraction of sp³-hybridized carbons (Fsp3) is 0.562. The molecule has 5 heteroatoms. The number of hydrogen-bond acceptors (Lipinski definition) is 4. The SMILES string of the molecule is CCCNCc1ccc(N(C)CCC(=O)O)c(OCC)c1. The van der Waals surface area contributed by atoms with Crippen molar-refractivity contribution in [3.05, 3.63) is 23.8 Å². The summed E-state index contributed by atoms with van der Waals surface area (Å²) in [6, 6.07) is 6.08. The summed E-state index contributed by atoms with van der Waals surface area (Å²) in [5.74, 6) is 0.0152. The quantitative estimate of drug-likeness (QED) is 0.649. The maximum absolute atomic E-state index is 10.7. The van der Waals surface area contributed by atoms with Crippen molar-refractivity contribution in [2.75, 3.05) is 31.6 Å². The molecule has 0 saturated heterocycles. The summed E-state index contributed by atoms with van der Waals surface area (Å²) in [5, 5.41) is 12.1. The number of anilines is 1. The molecule has 0 heterocycles. The van der Waals surface area contributed by atoms with Gasteiger partial charge in [-0.3, -0.25) is 4.79 Å². The first kappa shape index (κ1) is 17.3. The molecule has 0 aliphatic carbocycles. The van der Waals surface area contributed by atoms with Crippen LogP contribution in [0.1, 0.15) is 32.3 Å². The minimum atomic E-state index is -0.791. The van der Waals surface area contributed by atoms with Crippen LogP contribution in [-0.4, -0.2) is 37.8 Å². The van der Waals surface area contributed by atoms with E-state index in [-0.39, 0.29) is 6.42 Å². The van der Waals surface area contributed by atoms with E-state index >= 15 is 0 Å². The number of rotatable bonds is 10. The highest BCUT2D eigenvalue weighted by Crippen LogP contribution is 2.29. The highest BCUT2D eigenvalue weighted by atomic mass is 16.5. The maximum Gasteiger partial charge on any atom is 0.305 e. The van der Waals surface area contributed by atoms with E-state index < -0.39 is 5.97 Å². The molecule has 1 rings (SSSR count). The first-order chi connectivity index (χ1) is 10.1. The second-order valence-electron chi connectivity index (χ2n) is 4.98. The van der Waals surface area contributed by atoms with Gasteiger partial charge in [0.1, 0.15) is 5.75 Å². The van der Waals surface area contributed by atoms with Crippen LogP contribution in [0, 0.1) is 0 Å². The fourth-order valence-electron chi connectivity index (χ4n) is 2.05. The molecule has 1 aromatic carbocycles. The monoisotopic (exact) mass is 294 g/mol. The molecule has 5 nitrogen and oxygen atoms in total. The molecule has 0 fully saturated rings. The van der Waals surface area contributed by atoms with Gasteiger partial charge in [0, 0.05) is 20.1 Å². The largest absolute Gasteiger partial charge is 0.492 e. The molecule has 0 saturated carbocycles. The maximum atomic E-state index is 10.7. The molecule has 0 bridgehead atoms. The van der Waals surface area contributed by atoms with Gasteiger partial charge in [-0.15, -0.1) is 0 Å². The Morgan fingerprint density at radius 3 is 2.76 bits per heavy atom. The number of aliphatic carboxylic acids is 1. The van der Waals surface area contributed by atoms with Crippen molar-refractivity contribution in [3.8, 4) is 5.75 Å². The van der Waals surface area contributed by atoms with Gasteiger partial charge >= 0.3 is 5.97 Å². The molecule has 21 heavy (non-hydrogen) atoms. The minimum Gasteiger partial charge on any atom is -0.492 e. The number of carboxylic acids is 1. The van der Waals surface area contributed by atoms with Crippen LogP contribution in [0.5, 0.6) is 5.75 Å². The van der Waals surface area contributed by atoms with Crippen molar-refractivity contribution in [1.29, 1.82) is 0 Å². The molecule has 0 aromatic heterocycles. The lowest BCUT2D eigenvalue weighted by Crippen LogP contribution is -2.22. The van der Waals surface area contributed by atoms with Crippen LogP contribution in [0.4, 0.5) is 5.69 Å². The van der Waals surface area contributed by atoms with E-state index in [9.17, 15) is 4.79 Å². The van der Waals surface area contributed by atoms with E-state index in [0.29, 0.717) is 13.2 Å². The molecule has 118 valence electrons. The number of hydrogen-bond donors (Lipinski definition) is 2. The summed E-state index contributed by atoms with van der Waals surface area (Å²) < 4.78 is 5.70. The minimum absolute atomic E-state index is 0.113. The molecule has 0 amide bonds. The van der Waals surface area contributed by atoms with Gasteiger partial charge < -0.3 is 20.1 Å². The average molecular weight is 294 g/mol. The van der Waals surface area contributed by atoms with Crippen LogP contribution in [-0.2, 0) is 11.3 Å². The second kappa shape index (κ2) is 9.23. The van der Waals surface area contributed by atoms with Gasteiger partial charge in [-0.2, -0.15) is 0 Å². The van der Waals surface area contributed by atoms with E-state index in [1.165, 1.54) is 5.56 Å². The predicted molar refractivity (Wildman–Crippen MR) is 85.1 cm³/mol. The molecule has 0 atom stereocenters. The normalized spacial score (nSPS) is 10.4. The zero-order valence-corrected chi connectivity index (χ0v) is 13.2. The van der Waals surface area contributed by atoms with E-state index in [1.807, 2.05) is 31.0 Å². The molecular weight excluding hydrogens is 268 g/mol. The van der Waals surface area contributed by atoms with Crippen LogP contribution >= 0.6 is 0 Å². The molecule has 0 spiro atoms. The van der Waals surface area contributed by atoms with Gasteiger partial charge in [-0.1, -0.05) is 13.0 Å². The van der Waals surface area contributed by atoms with Crippen molar-refractivity contribution in [1.82, 2.24) is 5.32 Å². The third-order valence-corrected chi connectivity index (χ3v) is 3.15. The summed E-state index contributed by atoms with van der Waals surface area (Å²) in [4.78, 5) is 12.6. The zero-order chi connectivity index (χ0) is 15.7. The zero-order valence-electron chi connectivity index (χ0n) is 13.2. The van der Waals surface area contributed by atoms with Crippen molar-refractivity contribution in [2.24, 2.45) is 0 Å². The molecular formula is C16H26N2O3. The number of carbonyl (C=O) groups is 1. The lowest BCUT2D eigenvalue weighted by molar-refractivity contribution is -0.136. The summed E-state index contributed by atoms with van der Waals surface area (Å²) in [7, 11) is 1.88. The Morgan fingerprint density at radius 2 is 2.14 bits per heavy atom. The molecule has 0 aliphatic rings. The van der Waals surface area contributed by atoms with Crippen LogP contribution in [0.2, 0.25) is 0 Å². The summed E-state index contributed by atoms with van der Waals surface area (Å²) in [6.07, 6.45) is 1.22. The highest BCUT2D eigenvalue weighted by molar-refractivity contribution is 5.68. The van der Waals surface area contributed by atoms with Crippen molar-refractivity contribution in [3.63, 3.8) is 0 Å². The van der Waals surface area contributed by atoms with Gasteiger partial charge in [0.25, 0.3) is 0 Å². The summed E-state index contributed by atoms with van der Waals surface area (Å²) in [5.41, 5.74) is 2.10. The number of carboxylic acid groups (broad SMARTS) is 1. The van der Waals surface area contributed by atoms with Crippen LogP contribution in [0.15, 0.2) is 18.2 Å². The van der Waals surface area contributed by atoms with Crippen LogP contribution < -0.4 is 15.0 Å². The lowest BCUT2D eigenvalue weighted by atomic mass is 10.1. The molecule has 1 aromatic rings.